The highest BCUT2D eigenvalue weighted by Crippen LogP contribution is 2.29. The predicted octanol–water partition coefficient (Wildman–Crippen LogP) is 3.96. The Labute approximate surface area is 134 Å². The lowest BCUT2D eigenvalue weighted by molar-refractivity contribution is 0.315. The number of pyridine rings is 1. The van der Waals surface area contributed by atoms with Crippen LogP contribution in [0.15, 0.2) is 47.2 Å². The Morgan fingerprint density at radius 3 is 2.67 bits per heavy atom. The van der Waals surface area contributed by atoms with Crippen LogP contribution in [-0.4, -0.2) is 17.6 Å². The second-order valence-electron chi connectivity index (χ2n) is 5.22. The molecule has 1 aromatic heterocycles. The Bertz CT molecular complexity index is 558. The van der Waals surface area contributed by atoms with E-state index in [9.17, 15) is 0 Å². The first kappa shape index (κ1) is 16.0. The minimum atomic E-state index is 0.452. The van der Waals surface area contributed by atoms with Crippen molar-refractivity contribution in [3.05, 3.63) is 58.3 Å². The molecule has 0 aliphatic heterocycles. The quantitative estimate of drug-likeness (QED) is 0.822. The van der Waals surface area contributed by atoms with Crippen LogP contribution in [0.1, 0.15) is 25.0 Å². The molecule has 0 saturated carbocycles. The number of nitrogens with one attached hydrogen (secondary N) is 1. The highest BCUT2D eigenvalue weighted by Gasteiger charge is 2.08. The maximum atomic E-state index is 6.00. The monoisotopic (exact) mass is 348 g/mol. The first-order chi connectivity index (χ1) is 10.2. The number of benzene rings is 1. The van der Waals surface area contributed by atoms with E-state index in [0.29, 0.717) is 12.6 Å². The molecule has 0 spiro atoms. The molecule has 1 N–H and O–H groups in total. The van der Waals surface area contributed by atoms with Crippen LogP contribution in [0.4, 0.5) is 0 Å². The van der Waals surface area contributed by atoms with Gasteiger partial charge in [-0.3, -0.25) is 4.98 Å². The third kappa shape index (κ3) is 5.14. The van der Waals surface area contributed by atoms with E-state index < -0.39 is 0 Å². The molecule has 0 amide bonds. The molecule has 1 heterocycles. The van der Waals surface area contributed by atoms with E-state index in [0.717, 1.165) is 23.2 Å². The Morgan fingerprint density at radius 1 is 1.19 bits per heavy atom. The first-order valence-electron chi connectivity index (χ1n) is 7.19. The lowest BCUT2D eigenvalue weighted by Crippen LogP contribution is -2.22. The Kier molecular flexibility index (Phi) is 6.21. The first-order valence-corrected chi connectivity index (χ1v) is 7.98. The van der Waals surface area contributed by atoms with Crippen molar-refractivity contribution >= 4 is 15.9 Å². The normalized spacial score (nSPS) is 10.9. The summed E-state index contributed by atoms with van der Waals surface area (Å²) in [6.45, 7) is 5.74. The van der Waals surface area contributed by atoms with Crippen LogP contribution in [0.5, 0.6) is 5.75 Å². The van der Waals surface area contributed by atoms with Gasteiger partial charge in [0, 0.05) is 37.0 Å². The van der Waals surface area contributed by atoms with Gasteiger partial charge in [0.25, 0.3) is 0 Å². The maximum Gasteiger partial charge on any atom is 0.137 e. The molecular weight excluding hydrogens is 328 g/mol. The number of hydrogen-bond donors (Lipinski definition) is 1. The lowest BCUT2D eigenvalue weighted by atomic mass is 10.2. The summed E-state index contributed by atoms with van der Waals surface area (Å²) in [5.41, 5.74) is 2.41. The number of ether oxygens (including phenoxy) is 1. The largest absolute Gasteiger partial charge is 0.492 e. The third-order valence-corrected chi connectivity index (χ3v) is 3.76. The van der Waals surface area contributed by atoms with Crippen molar-refractivity contribution in [2.75, 3.05) is 6.61 Å². The number of halogens is 1. The van der Waals surface area contributed by atoms with Crippen molar-refractivity contribution in [3.8, 4) is 5.75 Å². The van der Waals surface area contributed by atoms with Crippen LogP contribution < -0.4 is 10.1 Å². The molecule has 4 heteroatoms. The Hall–Kier alpha value is -1.39. The molecule has 0 bridgehead atoms. The van der Waals surface area contributed by atoms with Crippen molar-refractivity contribution in [2.24, 2.45) is 0 Å². The van der Waals surface area contributed by atoms with Crippen molar-refractivity contribution in [1.82, 2.24) is 10.3 Å². The molecule has 0 aliphatic carbocycles. The fourth-order valence-electron chi connectivity index (χ4n) is 1.99. The van der Waals surface area contributed by atoms with E-state index in [-0.39, 0.29) is 0 Å². The standard InChI is InChI=1S/C17H21BrN2O/c1-13(2)20-12-15-4-3-5-16(18)17(15)21-11-8-14-6-9-19-10-7-14/h3-7,9-10,13,20H,8,11-12H2,1-2H3. The van der Waals surface area contributed by atoms with Crippen LogP contribution in [0.25, 0.3) is 0 Å². The van der Waals surface area contributed by atoms with Crippen LogP contribution in [-0.2, 0) is 13.0 Å². The molecule has 0 atom stereocenters. The zero-order valence-corrected chi connectivity index (χ0v) is 14.1. The minimum absolute atomic E-state index is 0.452. The van der Waals surface area contributed by atoms with Gasteiger partial charge >= 0.3 is 0 Å². The minimum Gasteiger partial charge on any atom is -0.492 e. The van der Waals surface area contributed by atoms with Gasteiger partial charge in [-0.25, -0.2) is 0 Å². The number of nitrogens with zero attached hydrogens (tertiary/aromatic N) is 1. The lowest BCUT2D eigenvalue weighted by Gasteiger charge is -2.15. The van der Waals surface area contributed by atoms with Gasteiger partial charge in [0.05, 0.1) is 11.1 Å². The molecule has 0 radical (unpaired) electrons. The fourth-order valence-corrected chi connectivity index (χ4v) is 2.51. The van der Waals surface area contributed by atoms with E-state index in [1.807, 2.05) is 36.7 Å². The van der Waals surface area contributed by atoms with Crippen molar-refractivity contribution in [1.29, 1.82) is 0 Å². The van der Waals surface area contributed by atoms with Gasteiger partial charge in [-0.1, -0.05) is 26.0 Å². The van der Waals surface area contributed by atoms with E-state index >= 15 is 0 Å². The fraction of sp³-hybridized carbons (Fsp3) is 0.353. The van der Waals surface area contributed by atoms with Gasteiger partial charge in [-0.2, -0.15) is 0 Å². The van der Waals surface area contributed by atoms with E-state index in [1.165, 1.54) is 11.1 Å². The average molecular weight is 349 g/mol. The molecule has 2 aromatic rings. The van der Waals surface area contributed by atoms with Crippen LogP contribution in [0, 0.1) is 0 Å². The number of rotatable bonds is 7. The van der Waals surface area contributed by atoms with E-state index in [1.54, 1.807) is 0 Å². The van der Waals surface area contributed by atoms with E-state index in [2.05, 4.69) is 46.1 Å². The molecule has 1 aromatic carbocycles. The van der Waals surface area contributed by atoms with Gasteiger partial charge in [0.1, 0.15) is 5.75 Å². The average Bonchev–Trinajstić information content (AvgIpc) is 2.48. The molecule has 2 rings (SSSR count). The van der Waals surface area contributed by atoms with Crippen LogP contribution in [0.2, 0.25) is 0 Å². The van der Waals surface area contributed by atoms with Crippen LogP contribution in [0.3, 0.4) is 0 Å². The topological polar surface area (TPSA) is 34.1 Å². The van der Waals surface area contributed by atoms with Crippen molar-refractivity contribution in [2.45, 2.75) is 32.9 Å². The van der Waals surface area contributed by atoms with E-state index in [4.69, 9.17) is 4.74 Å². The second kappa shape index (κ2) is 8.15. The van der Waals surface area contributed by atoms with Gasteiger partial charge in [-0.05, 0) is 39.7 Å². The molecule has 21 heavy (non-hydrogen) atoms. The number of aromatic nitrogens is 1. The number of para-hydroxylation sites is 1. The highest BCUT2D eigenvalue weighted by molar-refractivity contribution is 9.10. The molecule has 0 saturated heterocycles. The summed E-state index contributed by atoms with van der Waals surface area (Å²) in [7, 11) is 0. The second-order valence-corrected chi connectivity index (χ2v) is 6.07. The molecule has 112 valence electrons. The maximum absolute atomic E-state index is 6.00. The third-order valence-electron chi connectivity index (χ3n) is 3.14. The zero-order valence-electron chi connectivity index (χ0n) is 12.5. The number of hydrogen-bond acceptors (Lipinski definition) is 3. The molecule has 0 unspecified atom stereocenters. The molecule has 3 nitrogen and oxygen atoms in total. The Balaban J connectivity index is 1.98. The zero-order chi connectivity index (χ0) is 15.1. The van der Waals surface area contributed by atoms with Crippen LogP contribution >= 0.6 is 15.9 Å². The summed E-state index contributed by atoms with van der Waals surface area (Å²) < 4.78 is 7.00. The van der Waals surface area contributed by atoms with Gasteiger partial charge < -0.3 is 10.1 Å². The summed E-state index contributed by atoms with van der Waals surface area (Å²) in [5, 5.41) is 3.43. The Morgan fingerprint density at radius 2 is 1.95 bits per heavy atom. The summed E-state index contributed by atoms with van der Waals surface area (Å²) >= 11 is 3.58. The summed E-state index contributed by atoms with van der Waals surface area (Å²) in [6, 6.07) is 10.6. The van der Waals surface area contributed by atoms with Gasteiger partial charge in [-0.15, -0.1) is 0 Å². The van der Waals surface area contributed by atoms with Gasteiger partial charge in [0.2, 0.25) is 0 Å². The molecule has 0 aliphatic rings. The summed E-state index contributed by atoms with van der Waals surface area (Å²) in [5.74, 6) is 0.930. The molecule has 0 fully saturated rings. The highest BCUT2D eigenvalue weighted by atomic mass is 79.9. The summed E-state index contributed by atoms with van der Waals surface area (Å²) in [4.78, 5) is 4.02. The van der Waals surface area contributed by atoms with Crippen molar-refractivity contribution in [3.63, 3.8) is 0 Å². The summed E-state index contributed by atoms with van der Waals surface area (Å²) in [6.07, 6.45) is 4.50. The smallest absolute Gasteiger partial charge is 0.137 e. The van der Waals surface area contributed by atoms with Crippen molar-refractivity contribution < 1.29 is 4.74 Å². The predicted molar refractivity (Wildman–Crippen MR) is 89.6 cm³/mol. The SMILES string of the molecule is CC(C)NCc1cccc(Br)c1OCCc1ccncc1. The molecular formula is C17H21BrN2O. The van der Waals surface area contributed by atoms with Gasteiger partial charge in [0.15, 0.2) is 0 Å².